The van der Waals surface area contributed by atoms with Gasteiger partial charge in [-0.3, -0.25) is 9.59 Å². The van der Waals surface area contributed by atoms with E-state index in [-0.39, 0.29) is 5.43 Å². The van der Waals surface area contributed by atoms with Crippen LogP contribution in [-0.4, -0.2) is 15.6 Å². The molecule has 0 amide bonds. The summed E-state index contributed by atoms with van der Waals surface area (Å²) in [4.78, 5) is 22.6. The van der Waals surface area contributed by atoms with E-state index in [1.165, 1.54) is 12.1 Å². The number of aromatic nitrogens is 1. The molecule has 1 rings (SSSR count). The molecule has 0 fully saturated rings. The summed E-state index contributed by atoms with van der Waals surface area (Å²) in [6.07, 6.45) is 0.549. The summed E-state index contributed by atoms with van der Waals surface area (Å²) in [7, 11) is 0. The monoisotopic (exact) mass is 237 g/mol. The summed E-state index contributed by atoms with van der Waals surface area (Å²) in [6, 6.07) is 3.07. The van der Waals surface area contributed by atoms with Gasteiger partial charge in [0, 0.05) is 30.1 Å². The fraction of sp³-hybridized carbons (Fsp3) is 0.538. The summed E-state index contributed by atoms with van der Waals surface area (Å²) >= 11 is 0. The van der Waals surface area contributed by atoms with Crippen LogP contribution in [-0.2, 0) is 11.3 Å². The lowest BCUT2D eigenvalue weighted by Gasteiger charge is -2.27. The Bertz CT molecular complexity index is 464. The van der Waals surface area contributed by atoms with E-state index >= 15 is 0 Å². The van der Waals surface area contributed by atoms with Gasteiger partial charge in [-0.15, -0.1) is 0 Å². The molecule has 1 aromatic rings. The molecular formula is C13H19NO3. The molecule has 1 aromatic heterocycles. The van der Waals surface area contributed by atoms with Gasteiger partial charge in [0.2, 0.25) is 0 Å². The van der Waals surface area contributed by atoms with Crippen molar-refractivity contribution in [3.8, 4) is 0 Å². The highest BCUT2D eigenvalue weighted by Gasteiger charge is 2.32. The topological polar surface area (TPSA) is 59.3 Å². The van der Waals surface area contributed by atoms with Gasteiger partial charge in [-0.1, -0.05) is 6.92 Å². The smallest absolute Gasteiger partial charge is 0.311 e. The second-order valence-corrected chi connectivity index (χ2v) is 4.78. The van der Waals surface area contributed by atoms with Crippen LogP contribution in [0.2, 0.25) is 0 Å². The Morgan fingerprint density at radius 3 is 2.18 bits per heavy atom. The number of rotatable bonds is 4. The van der Waals surface area contributed by atoms with Crippen LogP contribution in [0.15, 0.2) is 16.9 Å². The Balaban J connectivity index is 3.19. The van der Waals surface area contributed by atoms with Crippen LogP contribution in [0.25, 0.3) is 0 Å². The molecule has 0 saturated heterocycles. The first kappa shape index (κ1) is 13.5. The number of nitrogens with zero attached hydrogens (tertiary/aromatic N) is 1. The zero-order valence-electron chi connectivity index (χ0n) is 10.8. The molecular weight excluding hydrogens is 218 g/mol. The number of carboxylic acids is 1. The van der Waals surface area contributed by atoms with Gasteiger partial charge >= 0.3 is 5.97 Å². The summed E-state index contributed by atoms with van der Waals surface area (Å²) in [5.41, 5.74) is 0.765. The van der Waals surface area contributed by atoms with Crippen LogP contribution < -0.4 is 5.43 Å². The standard InChI is InChI=1S/C13H19NO3/c1-5-13(4,12(16)17)8-14-9(2)6-11(15)7-10(14)3/h6-7H,5,8H2,1-4H3,(H,16,17). The van der Waals surface area contributed by atoms with Crippen LogP contribution in [0.3, 0.4) is 0 Å². The number of hydrogen-bond acceptors (Lipinski definition) is 2. The van der Waals surface area contributed by atoms with Gasteiger partial charge in [0.1, 0.15) is 0 Å². The average Bonchev–Trinajstić information content (AvgIpc) is 2.22. The van der Waals surface area contributed by atoms with Crippen molar-refractivity contribution in [2.24, 2.45) is 5.41 Å². The molecule has 0 bridgehead atoms. The van der Waals surface area contributed by atoms with Gasteiger partial charge in [-0.25, -0.2) is 0 Å². The molecule has 0 aliphatic heterocycles. The van der Waals surface area contributed by atoms with Crippen molar-refractivity contribution >= 4 is 5.97 Å². The van der Waals surface area contributed by atoms with E-state index in [9.17, 15) is 14.7 Å². The molecule has 94 valence electrons. The Kier molecular flexibility index (Phi) is 3.76. The number of aliphatic carboxylic acids is 1. The van der Waals surface area contributed by atoms with E-state index in [4.69, 9.17) is 0 Å². The summed E-state index contributed by atoms with van der Waals surface area (Å²) < 4.78 is 1.89. The SMILES string of the molecule is CCC(C)(Cn1c(C)cc(=O)cc1C)C(=O)O. The van der Waals surface area contributed by atoms with E-state index in [1.54, 1.807) is 6.92 Å². The number of carboxylic acid groups (broad SMARTS) is 1. The minimum atomic E-state index is -0.808. The Labute approximate surface area is 101 Å². The van der Waals surface area contributed by atoms with Crippen LogP contribution >= 0.6 is 0 Å². The second-order valence-electron chi connectivity index (χ2n) is 4.78. The highest BCUT2D eigenvalue weighted by Crippen LogP contribution is 2.25. The fourth-order valence-electron chi connectivity index (χ4n) is 1.82. The third-order valence-electron chi connectivity index (χ3n) is 3.36. The molecule has 0 radical (unpaired) electrons. The van der Waals surface area contributed by atoms with Gasteiger partial charge < -0.3 is 9.67 Å². The largest absolute Gasteiger partial charge is 0.481 e. The van der Waals surface area contributed by atoms with Crippen molar-refractivity contribution in [3.63, 3.8) is 0 Å². The maximum Gasteiger partial charge on any atom is 0.311 e. The van der Waals surface area contributed by atoms with Crippen molar-refractivity contribution in [2.75, 3.05) is 0 Å². The molecule has 17 heavy (non-hydrogen) atoms. The molecule has 1 unspecified atom stereocenters. The van der Waals surface area contributed by atoms with Crippen molar-refractivity contribution in [1.82, 2.24) is 4.57 Å². The van der Waals surface area contributed by atoms with E-state index in [0.717, 1.165) is 11.4 Å². The predicted molar refractivity (Wildman–Crippen MR) is 66.2 cm³/mol. The van der Waals surface area contributed by atoms with E-state index in [1.807, 2.05) is 25.3 Å². The van der Waals surface area contributed by atoms with E-state index < -0.39 is 11.4 Å². The molecule has 4 nitrogen and oxygen atoms in total. The van der Waals surface area contributed by atoms with Crippen LogP contribution in [0, 0.1) is 19.3 Å². The lowest BCUT2D eigenvalue weighted by molar-refractivity contribution is -0.149. The lowest BCUT2D eigenvalue weighted by atomic mass is 9.87. The third kappa shape index (κ3) is 2.75. The van der Waals surface area contributed by atoms with Gasteiger partial charge in [0.15, 0.2) is 5.43 Å². The summed E-state index contributed by atoms with van der Waals surface area (Å²) in [6.45, 7) is 7.63. The molecule has 0 spiro atoms. The first-order valence-corrected chi connectivity index (χ1v) is 5.71. The lowest BCUT2D eigenvalue weighted by Crippen LogP contribution is -2.33. The first-order valence-electron chi connectivity index (χ1n) is 5.71. The van der Waals surface area contributed by atoms with Crippen molar-refractivity contribution in [2.45, 2.75) is 40.7 Å². The number of carbonyl (C=O) groups is 1. The summed E-state index contributed by atoms with van der Waals surface area (Å²) in [5.74, 6) is -0.808. The van der Waals surface area contributed by atoms with Crippen molar-refractivity contribution in [1.29, 1.82) is 0 Å². The predicted octanol–water partition coefficient (Wildman–Crippen LogP) is 1.97. The first-order chi connectivity index (χ1) is 7.80. The maximum absolute atomic E-state index is 11.3. The Morgan fingerprint density at radius 1 is 1.35 bits per heavy atom. The molecule has 1 N–H and O–H groups in total. The maximum atomic E-state index is 11.3. The average molecular weight is 237 g/mol. The Hall–Kier alpha value is -1.58. The fourth-order valence-corrected chi connectivity index (χ4v) is 1.82. The van der Waals surface area contributed by atoms with Crippen LogP contribution in [0.1, 0.15) is 31.7 Å². The molecule has 4 heteroatoms. The van der Waals surface area contributed by atoms with Gasteiger partial charge in [-0.2, -0.15) is 0 Å². The van der Waals surface area contributed by atoms with Crippen LogP contribution in [0.4, 0.5) is 0 Å². The van der Waals surface area contributed by atoms with Crippen LogP contribution in [0.5, 0.6) is 0 Å². The zero-order valence-corrected chi connectivity index (χ0v) is 10.8. The highest BCUT2D eigenvalue weighted by molar-refractivity contribution is 5.73. The van der Waals surface area contributed by atoms with Gasteiger partial charge in [0.25, 0.3) is 0 Å². The summed E-state index contributed by atoms with van der Waals surface area (Å²) in [5, 5.41) is 9.26. The molecule has 0 aliphatic rings. The minimum Gasteiger partial charge on any atom is -0.481 e. The molecule has 0 aromatic carbocycles. The van der Waals surface area contributed by atoms with Gasteiger partial charge in [-0.05, 0) is 27.2 Å². The third-order valence-corrected chi connectivity index (χ3v) is 3.36. The molecule has 1 atom stereocenters. The van der Waals surface area contributed by atoms with Gasteiger partial charge in [0.05, 0.1) is 5.41 Å². The molecule has 1 heterocycles. The number of aryl methyl sites for hydroxylation is 2. The normalized spacial score (nSPS) is 14.4. The molecule has 0 aliphatic carbocycles. The van der Waals surface area contributed by atoms with Crippen molar-refractivity contribution < 1.29 is 9.90 Å². The quantitative estimate of drug-likeness (QED) is 0.870. The number of hydrogen-bond donors (Lipinski definition) is 1. The van der Waals surface area contributed by atoms with E-state index in [2.05, 4.69) is 0 Å². The minimum absolute atomic E-state index is 0.0372. The molecule has 0 saturated carbocycles. The van der Waals surface area contributed by atoms with Crippen molar-refractivity contribution in [3.05, 3.63) is 33.7 Å². The van der Waals surface area contributed by atoms with E-state index in [0.29, 0.717) is 13.0 Å². The second kappa shape index (κ2) is 4.73. The zero-order chi connectivity index (χ0) is 13.2. The number of pyridine rings is 1. The highest BCUT2D eigenvalue weighted by atomic mass is 16.4. The Morgan fingerprint density at radius 2 is 1.82 bits per heavy atom.